The van der Waals surface area contributed by atoms with Crippen molar-refractivity contribution in [3.63, 3.8) is 0 Å². The molecule has 1 aliphatic heterocycles. The first-order chi connectivity index (χ1) is 11.6. The Morgan fingerprint density at radius 3 is 2.54 bits per heavy atom. The molecule has 0 fully saturated rings. The maximum atomic E-state index is 12.6. The SMILES string of the molecule is COc1cc(/C=C/C(=O)N2CCn3cccc3[C@H]2C)cc(OC)c1. The fourth-order valence-electron chi connectivity index (χ4n) is 3.07. The molecule has 0 saturated heterocycles. The molecular formula is C19H22N2O3. The Bertz CT molecular complexity index is 741. The number of nitrogens with zero attached hydrogens (tertiary/aromatic N) is 2. The second-order valence-electron chi connectivity index (χ2n) is 5.81. The van der Waals surface area contributed by atoms with Crippen LogP contribution in [0.15, 0.2) is 42.6 Å². The van der Waals surface area contributed by atoms with E-state index in [1.54, 1.807) is 32.4 Å². The van der Waals surface area contributed by atoms with Gasteiger partial charge in [0.2, 0.25) is 5.91 Å². The molecule has 0 spiro atoms. The zero-order chi connectivity index (χ0) is 17.1. The Labute approximate surface area is 142 Å². The van der Waals surface area contributed by atoms with Crippen LogP contribution in [-0.4, -0.2) is 36.1 Å². The average Bonchev–Trinajstić information content (AvgIpc) is 3.09. The van der Waals surface area contributed by atoms with Crippen LogP contribution in [0.2, 0.25) is 0 Å². The molecule has 1 aromatic carbocycles. The summed E-state index contributed by atoms with van der Waals surface area (Å²) in [6, 6.07) is 9.72. The van der Waals surface area contributed by atoms with Crippen LogP contribution in [0.5, 0.6) is 11.5 Å². The molecule has 0 radical (unpaired) electrons. The van der Waals surface area contributed by atoms with Gasteiger partial charge in [-0.1, -0.05) is 0 Å². The van der Waals surface area contributed by atoms with Crippen LogP contribution in [0, 0.1) is 0 Å². The van der Waals surface area contributed by atoms with Crippen LogP contribution in [0.3, 0.4) is 0 Å². The van der Waals surface area contributed by atoms with Gasteiger partial charge in [-0.15, -0.1) is 0 Å². The van der Waals surface area contributed by atoms with Gasteiger partial charge in [0.25, 0.3) is 0 Å². The lowest BCUT2D eigenvalue weighted by molar-refractivity contribution is -0.129. The monoisotopic (exact) mass is 326 g/mol. The molecule has 0 unspecified atom stereocenters. The van der Waals surface area contributed by atoms with E-state index in [9.17, 15) is 4.79 Å². The second kappa shape index (κ2) is 6.83. The third-order valence-corrected chi connectivity index (χ3v) is 4.42. The van der Waals surface area contributed by atoms with Gasteiger partial charge < -0.3 is 18.9 Å². The van der Waals surface area contributed by atoms with Gasteiger partial charge in [0, 0.05) is 37.1 Å². The highest BCUT2D eigenvalue weighted by Crippen LogP contribution is 2.26. The lowest BCUT2D eigenvalue weighted by Crippen LogP contribution is -2.39. The molecule has 1 aliphatic rings. The van der Waals surface area contributed by atoms with Crippen molar-refractivity contribution in [2.45, 2.75) is 19.5 Å². The normalized spacial score (nSPS) is 17.0. The summed E-state index contributed by atoms with van der Waals surface area (Å²) in [5.74, 6) is 1.41. The summed E-state index contributed by atoms with van der Waals surface area (Å²) in [6.45, 7) is 3.61. The molecule has 0 bridgehead atoms. The number of hydrogen-bond acceptors (Lipinski definition) is 3. The summed E-state index contributed by atoms with van der Waals surface area (Å²) >= 11 is 0. The zero-order valence-corrected chi connectivity index (χ0v) is 14.2. The molecule has 24 heavy (non-hydrogen) atoms. The Morgan fingerprint density at radius 1 is 1.17 bits per heavy atom. The van der Waals surface area contributed by atoms with Gasteiger partial charge in [-0.25, -0.2) is 0 Å². The molecule has 2 aromatic rings. The van der Waals surface area contributed by atoms with E-state index in [1.165, 1.54) is 5.69 Å². The van der Waals surface area contributed by atoms with Gasteiger partial charge in [-0.05, 0) is 42.8 Å². The topological polar surface area (TPSA) is 43.7 Å². The van der Waals surface area contributed by atoms with Crippen molar-refractivity contribution in [2.24, 2.45) is 0 Å². The zero-order valence-electron chi connectivity index (χ0n) is 14.2. The smallest absolute Gasteiger partial charge is 0.247 e. The summed E-state index contributed by atoms with van der Waals surface area (Å²) in [7, 11) is 3.22. The quantitative estimate of drug-likeness (QED) is 0.811. The highest BCUT2D eigenvalue weighted by molar-refractivity contribution is 5.92. The van der Waals surface area contributed by atoms with Crippen molar-refractivity contribution in [3.8, 4) is 11.5 Å². The van der Waals surface area contributed by atoms with E-state index in [-0.39, 0.29) is 11.9 Å². The summed E-state index contributed by atoms with van der Waals surface area (Å²) in [5, 5.41) is 0. The van der Waals surface area contributed by atoms with Gasteiger partial charge in [-0.2, -0.15) is 0 Å². The first-order valence-electron chi connectivity index (χ1n) is 7.99. The van der Waals surface area contributed by atoms with Crippen LogP contribution in [-0.2, 0) is 11.3 Å². The number of rotatable bonds is 4. The summed E-state index contributed by atoms with van der Waals surface area (Å²) in [5.41, 5.74) is 2.04. The Morgan fingerprint density at radius 2 is 1.88 bits per heavy atom. The van der Waals surface area contributed by atoms with Crippen molar-refractivity contribution < 1.29 is 14.3 Å². The summed E-state index contributed by atoms with van der Waals surface area (Å²) in [6.07, 6.45) is 5.48. The molecule has 0 N–H and O–H groups in total. The Hall–Kier alpha value is -2.69. The molecule has 2 heterocycles. The minimum absolute atomic E-state index is 0.0109. The van der Waals surface area contributed by atoms with Crippen molar-refractivity contribution in [1.82, 2.24) is 9.47 Å². The van der Waals surface area contributed by atoms with E-state index < -0.39 is 0 Å². The number of methoxy groups -OCH3 is 2. The highest BCUT2D eigenvalue weighted by atomic mass is 16.5. The molecule has 1 atom stereocenters. The molecule has 3 rings (SSSR count). The standard InChI is InChI=1S/C19H22N2O3/c1-14-18-5-4-8-20(18)9-10-21(14)19(22)7-6-15-11-16(23-2)13-17(12-15)24-3/h4-8,11-14H,9-10H2,1-3H3/b7-6+/t14-/m1/s1. The van der Waals surface area contributed by atoms with Crippen LogP contribution < -0.4 is 9.47 Å². The number of aromatic nitrogens is 1. The molecule has 126 valence electrons. The molecule has 0 saturated carbocycles. The highest BCUT2D eigenvalue weighted by Gasteiger charge is 2.25. The number of ether oxygens (including phenoxy) is 2. The van der Waals surface area contributed by atoms with Crippen LogP contribution >= 0.6 is 0 Å². The van der Waals surface area contributed by atoms with E-state index in [1.807, 2.05) is 23.1 Å². The van der Waals surface area contributed by atoms with Gasteiger partial charge in [0.1, 0.15) is 11.5 Å². The average molecular weight is 326 g/mol. The van der Waals surface area contributed by atoms with Crippen LogP contribution in [0.1, 0.15) is 24.2 Å². The van der Waals surface area contributed by atoms with Crippen molar-refractivity contribution in [2.75, 3.05) is 20.8 Å². The number of benzene rings is 1. The lowest BCUT2D eigenvalue weighted by Gasteiger charge is -2.34. The number of carbonyl (C=O) groups excluding carboxylic acids is 1. The third kappa shape index (κ3) is 3.15. The molecular weight excluding hydrogens is 304 g/mol. The predicted octanol–water partition coefficient (Wildman–Crippen LogP) is 3.12. The van der Waals surface area contributed by atoms with E-state index >= 15 is 0 Å². The fraction of sp³-hybridized carbons (Fsp3) is 0.316. The molecule has 5 nitrogen and oxygen atoms in total. The van der Waals surface area contributed by atoms with Crippen molar-refractivity contribution >= 4 is 12.0 Å². The van der Waals surface area contributed by atoms with Gasteiger partial charge in [0.05, 0.1) is 20.3 Å². The third-order valence-electron chi connectivity index (χ3n) is 4.42. The maximum Gasteiger partial charge on any atom is 0.247 e. The van der Waals surface area contributed by atoms with Gasteiger partial charge in [-0.3, -0.25) is 4.79 Å². The van der Waals surface area contributed by atoms with E-state index in [4.69, 9.17) is 9.47 Å². The first-order valence-corrected chi connectivity index (χ1v) is 7.99. The minimum Gasteiger partial charge on any atom is -0.497 e. The van der Waals surface area contributed by atoms with Crippen LogP contribution in [0.4, 0.5) is 0 Å². The van der Waals surface area contributed by atoms with Crippen molar-refractivity contribution in [3.05, 3.63) is 53.9 Å². The van der Waals surface area contributed by atoms with E-state index in [0.29, 0.717) is 18.0 Å². The maximum absolute atomic E-state index is 12.6. The minimum atomic E-state index is 0.0109. The Kier molecular flexibility index (Phi) is 4.60. The molecule has 1 amide bonds. The molecule has 1 aromatic heterocycles. The summed E-state index contributed by atoms with van der Waals surface area (Å²) in [4.78, 5) is 14.5. The number of amides is 1. The first kappa shape index (κ1) is 16.2. The Balaban J connectivity index is 1.76. The second-order valence-corrected chi connectivity index (χ2v) is 5.81. The van der Waals surface area contributed by atoms with E-state index in [0.717, 1.165) is 12.1 Å². The largest absolute Gasteiger partial charge is 0.497 e. The van der Waals surface area contributed by atoms with E-state index in [2.05, 4.69) is 23.8 Å². The molecule has 0 aliphatic carbocycles. The van der Waals surface area contributed by atoms with Crippen LogP contribution in [0.25, 0.3) is 6.08 Å². The lowest BCUT2D eigenvalue weighted by atomic mass is 10.1. The van der Waals surface area contributed by atoms with Crippen molar-refractivity contribution in [1.29, 1.82) is 0 Å². The number of hydrogen-bond donors (Lipinski definition) is 0. The van der Waals surface area contributed by atoms with Gasteiger partial charge in [0.15, 0.2) is 0 Å². The number of carbonyl (C=O) groups is 1. The van der Waals surface area contributed by atoms with Gasteiger partial charge >= 0.3 is 0 Å². The fourth-order valence-corrected chi connectivity index (χ4v) is 3.07. The molecule has 5 heteroatoms. The predicted molar refractivity (Wildman–Crippen MR) is 93.1 cm³/mol. The summed E-state index contributed by atoms with van der Waals surface area (Å²) < 4.78 is 12.7. The number of fused-ring (bicyclic) bond motifs is 1.